The van der Waals surface area contributed by atoms with Crippen molar-refractivity contribution < 1.29 is 52.8 Å². The number of pyridine rings is 2. The Morgan fingerprint density at radius 1 is 0.514 bits per heavy atom. The molecule has 0 radical (unpaired) electrons. The normalized spacial score (nSPS) is 11.1. The molecule has 0 fully saturated rings. The summed E-state index contributed by atoms with van der Waals surface area (Å²) in [5, 5.41) is 13.6. The number of carbonyl (C=O) groups excluding carboxylic acids is 5. The van der Waals surface area contributed by atoms with E-state index in [1.165, 1.54) is 22.7 Å². The quantitative estimate of drug-likeness (QED) is 0.0356. The molecule has 8 rings (SSSR count). The molecule has 0 saturated carbocycles. The third-order valence-corrected chi connectivity index (χ3v) is 12.2. The van der Waals surface area contributed by atoms with E-state index in [1.54, 1.807) is 30.6 Å². The van der Waals surface area contributed by atoms with Crippen LogP contribution in [0, 0.1) is 0 Å². The van der Waals surface area contributed by atoms with E-state index in [1.807, 2.05) is 140 Å². The van der Waals surface area contributed by atoms with Crippen LogP contribution in [0.25, 0.3) is 20.4 Å². The number of ketones is 1. The lowest BCUT2D eigenvalue weighted by Gasteiger charge is -2.17. The molecule has 0 aliphatic carbocycles. The first kappa shape index (κ1) is 54.9. The number of amides is 2. The predicted octanol–water partition coefficient (Wildman–Crippen LogP) is 9.70. The Morgan fingerprint density at radius 2 is 0.889 bits per heavy atom. The van der Waals surface area contributed by atoms with Crippen molar-refractivity contribution in [3.8, 4) is 0 Å². The van der Waals surface area contributed by atoms with Crippen LogP contribution >= 0.6 is 35.1 Å². The Labute approximate surface area is 428 Å². The van der Waals surface area contributed by atoms with Crippen molar-refractivity contribution in [1.82, 2.24) is 20.6 Å². The van der Waals surface area contributed by atoms with Crippen molar-refractivity contribution in [3.05, 3.63) is 202 Å². The topological polar surface area (TPSA) is 235 Å². The maximum Gasteiger partial charge on any atom is 0.408 e. The number of hydrogen-bond donors (Lipinski definition) is 4. The first-order valence-corrected chi connectivity index (χ1v) is 23.7. The highest BCUT2D eigenvalue weighted by Gasteiger charge is 2.25. The molecule has 2 amide bonds. The number of hydrogen-bond acceptors (Lipinski definition) is 15. The lowest BCUT2D eigenvalue weighted by molar-refractivity contribution is -0.148. The van der Waals surface area contributed by atoms with Gasteiger partial charge in [0.25, 0.3) is 0 Å². The van der Waals surface area contributed by atoms with Crippen molar-refractivity contribution in [1.29, 1.82) is 0 Å². The molecule has 4 aromatic carbocycles. The number of halogens is 1. The third-order valence-electron chi connectivity index (χ3n) is 9.98. The standard InChI is InChI=1S/C27H24N2O5S.C18H20N2O4.C8H5NO2S.ClH/c30-23(25-16-22-24(35-25)12-7-15-28-22)14-13-21(26(31)33-17-19-8-3-1-4-9-19)29-27(32)34-18-20-10-5-2-6-11-20;19-11-16(17(21)23-12-14-7-3-1-4-8-14)20-18(22)24-13-15-9-5-2-6-10-15;10-8(11)7-4-5-6(12-7)2-1-3-9-5;/h1-12,15-16,21H,13-14,17-18H2,(H,29,32);1-10,16H,11-13,19H2,(H,20,22);1-4H,(H,10,11);1H/t21-;16-;;/m11../s1. The number of carboxylic acids is 1. The number of carbonyl (C=O) groups is 6. The Balaban J connectivity index is 0.000000224. The molecule has 4 heterocycles. The number of Topliss-reactive ketones (excluding diaryl/α,β-unsaturated/α-hetero) is 1. The fourth-order valence-corrected chi connectivity index (χ4v) is 8.16. The van der Waals surface area contributed by atoms with Crippen LogP contribution in [0.2, 0.25) is 0 Å². The molecular formula is C53H50ClN5O11S2. The number of nitrogens with two attached hydrogens (primary N) is 1. The van der Waals surface area contributed by atoms with Gasteiger partial charge in [-0.25, -0.2) is 24.0 Å². The number of esters is 2. The molecule has 372 valence electrons. The van der Waals surface area contributed by atoms with Gasteiger partial charge < -0.3 is 40.4 Å². The number of rotatable bonds is 18. The van der Waals surface area contributed by atoms with Crippen molar-refractivity contribution in [2.45, 2.75) is 51.4 Å². The van der Waals surface area contributed by atoms with E-state index in [-0.39, 0.29) is 64.0 Å². The maximum atomic E-state index is 12.8. The molecule has 0 spiro atoms. The third kappa shape index (κ3) is 18.1. The van der Waals surface area contributed by atoms with Crippen LogP contribution in [0.1, 0.15) is 54.4 Å². The number of aromatic carboxylic acids is 1. The number of ether oxygens (including phenoxy) is 4. The number of fused-ring (bicyclic) bond motifs is 2. The second kappa shape index (κ2) is 29.2. The number of alkyl carbamates (subject to hydrolysis) is 2. The number of nitrogens with zero attached hydrogens (tertiary/aromatic N) is 2. The minimum absolute atomic E-state index is 0. The van der Waals surface area contributed by atoms with Crippen LogP contribution in [0.3, 0.4) is 0 Å². The lowest BCUT2D eigenvalue weighted by Crippen LogP contribution is -2.46. The fraction of sp³-hybridized carbons (Fsp3) is 0.170. The minimum atomic E-state index is -1.03. The second-order valence-electron chi connectivity index (χ2n) is 15.2. The number of thiophene rings is 2. The van der Waals surface area contributed by atoms with Gasteiger partial charge in [-0.1, -0.05) is 121 Å². The van der Waals surface area contributed by atoms with Gasteiger partial charge in [0.05, 0.1) is 25.3 Å². The van der Waals surface area contributed by atoms with Gasteiger partial charge in [0, 0.05) is 25.4 Å². The molecule has 2 atom stereocenters. The average molecular weight is 1030 g/mol. The lowest BCUT2D eigenvalue weighted by atomic mass is 10.1. The summed E-state index contributed by atoms with van der Waals surface area (Å²) in [5.74, 6) is -2.25. The SMILES string of the molecule is Cl.NC[C@@H](NC(=O)OCc1ccccc1)C(=O)OCc1ccccc1.O=C(N[C@H](CCC(=O)c1cc2ncccc2s1)C(=O)OCc1ccccc1)OCc1ccccc1.O=C(O)c1cc2ncccc2s1. The van der Waals surface area contributed by atoms with E-state index in [4.69, 9.17) is 29.8 Å². The fourth-order valence-electron chi connectivity index (χ4n) is 6.32. The summed E-state index contributed by atoms with van der Waals surface area (Å²) in [6.45, 7) is 0.285. The highest BCUT2D eigenvalue weighted by molar-refractivity contribution is 7.21. The summed E-state index contributed by atoms with van der Waals surface area (Å²) in [4.78, 5) is 81.5. The Kier molecular flexibility index (Phi) is 22.3. The highest BCUT2D eigenvalue weighted by Crippen LogP contribution is 2.26. The summed E-state index contributed by atoms with van der Waals surface area (Å²) >= 11 is 2.60. The number of benzene rings is 4. The summed E-state index contributed by atoms with van der Waals surface area (Å²) in [7, 11) is 0. The smallest absolute Gasteiger partial charge is 0.408 e. The van der Waals surface area contributed by atoms with E-state index in [2.05, 4.69) is 20.6 Å². The van der Waals surface area contributed by atoms with Gasteiger partial charge in [-0.05, 0) is 65.1 Å². The van der Waals surface area contributed by atoms with Gasteiger partial charge in [0.1, 0.15) is 43.4 Å². The molecule has 72 heavy (non-hydrogen) atoms. The van der Waals surface area contributed by atoms with Crippen LogP contribution < -0.4 is 16.4 Å². The van der Waals surface area contributed by atoms with Crippen molar-refractivity contribution in [3.63, 3.8) is 0 Å². The largest absolute Gasteiger partial charge is 0.477 e. The van der Waals surface area contributed by atoms with Crippen LogP contribution in [0.15, 0.2) is 170 Å². The van der Waals surface area contributed by atoms with E-state index in [0.717, 1.165) is 42.7 Å². The average Bonchev–Trinajstić information content (AvgIpc) is 4.06. The van der Waals surface area contributed by atoms with Crippen molar-refractivity contribution in [2.24, 2.45) is 5.73 Å². The Morgan fingerprint density at radius 3 is 1.29 bits per heavy atom. The molecule has 5 N–H and O–H groups in total. The molecule has 16 nitrogen and oxygen atoms in total. The van der Waals surface area contributed by atoms with E-state index in [9.17, 15) is 28.8 Å². The second-order valence-corrected chi connectivity index (χ2v) is 17.4. The predicted molar refractivity (Wildman–Crippen MR) is 276 cm³/mol. The van der Waals surface area contributed by atoms with Crippen LogP contribution in [-0.2, 0) is 55.0 Å². The highest BCUT2D eigenvalue weighted by atomic mass is 35.5. The zero-order valence-corrected chi connectivity index (χ0v) is 40.9. The van der Waals surface area contributed by atoms with E-state index in [0.29, 0.717) is 9.75 Å². The van der Waals surface area contributed by atoms with Gasteiger partial charge in [-0.15, -0.1) is 35.1 Å². The van der Waals surface area contributed by atoms with Gasteiger partial charge in [-0.2, -0.15) is 0 Å². The van der Waals surface area contributed by atoms with Gasteiger partial charge in [0.15, 0.2) is 5.78 Å². The van der Waals surface area contributed by atoms with Crippen LogP contribution in [-0.4, -0.2) is 69.6 Å². The van der Waals surface area contributed by atoms with Gasteiger partial charge >= 0.3 is 30.1 Å². The molecule has 19 heteroatoms. The molecule has 0 aliphatic heterocycles. The summed E-state index contributed by atoms with van der Waals surface area (Å²) in [5.41, 5.74) is 10.4. The number of aromatic nitrogens is 2. The molecule has 0 aliphatic rings. The molecule has 8 aromatic rings. The summed E-state index contributed by atoms with van der Waals surface area (Å²) in [6.07, 6.45) is 1.99. The zero-order valence-electron chi connectivity index (χ0n) is 38.5. The van der Waals surface area contributed by atoms with Gasteiger partial charge in [0.2, 0.25) is 0 Å². The Bertz CT molecular complexity index is 2920. The molecule has 0 saturated heterocycles. The number of carboxylic acid groups (broad SMARTS) is 1. The first-order valence-electron chi connectivity index (χ1n) is 22.1. The van der Waals surface area contributed by atoms with E-state index >= 15 is 0 Å². The van der Waals surface area contributed by atoms with Crippen molar-refractivity contribution in [2.75, 3.05) is 6.54 Å². The zero-order chi connectivity index (χ0) is 50.2. The van der Waals surface area contributed by atoms with E-state index < -0.39 is 42.2 Å². The molecule has 4 aromatic heterocycles. The van der Waals surface area contributed by atoms with Crippen molar-refractivity contribution >= 4 is 91.4 Å². The van der Waals surface area contributed by atoms with Crippen LogP contribution in [0.5, 0.6) is 0 Å². The van der Waals surface area contributed by atoms with Gasteiger partial charge in [-0.3, -0.25) is 14.8 Å². The van der Waals surface area contributed by atoms with Crippen LogP contribution in [0.4, 0.5) is 9.59 Å². The summed E-state index contributed by atoms with van der Waals surface area (Å²) < 4.78 is 22.7. The first-order chi connectivity index (χ1) is 34.5. The minimum Gasteiger partial charge on any atom is -0.477 e. The molecular weight excluding hydrogens is 982 g/mol. The number of nitrogens with one attached hydrogen (secondary N) is 2. The molecule has 0 bridgehead atoms. The monoisotopic (exact) mass is 1030 g/mol. The Hall–Kier alpha value is -8.03. The maximum absolute atomic E-state index is 12.8. The summed E-state index contributed by atoms with van der Waals surface area (Å²) in [6, 6.07) is 45.7. The molecule has 0 unspecified atom stereocenters.